The zero-order chi connectivity index (χ0) is 11.6. The van der Waals surface area contributed by atoms with E-state index in [2.05, 4.69) is 12.6 Å². The van der Waals surface area contributed by atoms with Gasteiger partial charge in [-0.2, -0.15) is 5.26 Å². The molecule has 1 aromatic rings. The first-order valence-electron chi connectivity index (χ1n) is 5.60. The lowest BCUT2D eigenvalue weighted by atomic mass is 10.2. The minimum Gasteiger partial charge on any atom is -0.494 e. The van der Waals surface area contributed by atoms with Crippen molar-refractivity contribution in [1.29, 1.82) is 5.26 Å². The monoisotopic (exact) mass is 215 g/mol. The van der Waals surface area contributed by atoms with Gasteiger partial charge in [0.15, 0.2) is 0 Å². The van der Waals surface area contributed by atoms with Gasteiger partial charge in [0, 0.05) is 0 Å². The Hall–Kier alpha value is -1.75. The van der Waals surface area contributed by atoms with E-state index in [1.54, 1.807) is 12.1 Å². The zero-order valence-corrected chi connectivity index (χ0v) is 9.48. The lowest BCUT2D eigenvalue weighted by Gasteiger charge is -2.05. The number of allylic oxidation sites excluding steroid dienone is 1. The van der Waals surface area contributed by atoms with E-state index in [1.165, 1.54) is 6.42 Å². The maximum atomic E-state index is 8.72. The van der Waals surface area contributed by atoms with E-state index in [4.69, 9.17) is 10.00 Å². The highest BCUT2D eigenvalue weighted by Gasteiger charge is 1.95. The Morgan fingerprint density at radius 1 is 1.31 bits per heavy atom. The van der Waals surface area contributed by atoms with Crippen LogP contribution in [0.15, 0.2) is 36.9 Å². The summed E-state index contributed by atoms with van der Waals surface area (Å²) in [6.45, 7) is 4.40. The van der Waals surface area contributed by atoms with E-state index in [0.717, 1.165) is 25.0 Å². The average molecular weight is 215 g/mol. The van der Waals surface area contributed by atoms with Crippen molar-refractivity contribution < 1.29 is 4.74 Å². The summed E-state index contributed by atoms with van der Waals surface area (Å²) in [6.07, 6.45) is 6.39. The third kappa shape index (κ3) is 4.65. The van der Waals surface area contributed by atoms with Gasteiger partial charge in [-0.15, -0.1) is 6.58 Å². The average Bonchev–Trinajstić information content (AvgIpc) is 2.34. The molecule has 1 rings (SSSR count). The second kappa shape index (κ2) is 7.53. The first-order chi connectivity index (χ1) is 7.86. The molecule has 0 aliphatic heterocycles. The highest BCUT2D eigenvalue weighted by atomic mass is 16.5. The molecule has 0 amide bonds. The second-order valence-electron chi connectivity index (χ2n) is 3.63. The van der Waals surface area contributed by atoms with Gasteiger partial charge >= 0.3 is 0 Å². The van der Waals surface area contributed by atoms with Crippen LogP contribution in [0, 0.1) is 11.3 Å². The van der Waals surface area contributed by atoms with E-state index in [-0.39, 0.29) is 0 Å². The molecular weight excluding hydrogens is 198 g/mol. The van der Waals surface area contributed by atoms with Crippen molar-refractivity contribution in [3.05, 3.63) is 42.5 Å². The van der Waals surface area contributed by atoms with Crippen LogP contribution >= 0.6 is 0 Å². The minimum atomic E-state index is 0.643. The Bertz CT molecular complexity index is 365. The van der Waals surface area contributed by atoms with Crippen LogP contribution in [0.3, 0.4) is 0 Å². The second-order valence-corrected chi connectivity index (χ2v) is 3.63. The largest absolute Gasteiger partial charge is 0.494 e. The fourth-order valence-electron chi connectivity index (χ4n) is 1.41. The number of rotatable bonds is 7. The maximum absolute atomic E-state index is 8.72. The topological polar surface area (TPSA) is 33.0 Å². The standard InChI is InChI=1S/C14H17NO/c1-2-3-4-5-6-10-16-14-9-7-8-13(11-14)12-15/h2,7-9,11H,1,3-6,10H2. The number of nitrogens with zero attached hydrogens (tertiary/aromatic N) is 1. The smallest absolute Gasteiger partial charge is 0.120 e. The van der Waals surface area contributed by atoms with Crippen LogP contribution < -0.4 is 4.74 Å². The van der Waals surface area contributed by atoms with Crippen molar-refractivity contribution in [3.63, 3.8) is 0 Å². The molecule has 0 unspecified atom stereocenters. The molecule has 0 aliphatic carbocycles. The van der Waals surface area contributed by atoms with Gasteiger partial charge < -0.3 is 4.74 Å². The van der Waals surface area contributed by atoms with Crippen LogP contribution in [-0.2, 0) is 0 Å². The zero-order valence-electron chi connectivity index (χ0n) is 9.48. The van der Waals surface area contributed by atoms with Crippen molar-refractivity contribution in [2.75, 3.05) is 6.61 Å². The van der Waals surface area contributed by atoms with Crippen LogP contribution in [-0.4, -0.2) is 6.61 Å². The molecule has 2 nitrogen and oxygen atoms in total. The van der Waals surface area contributed by atoms with E-state index in [1.807, 2.05) is 18.2 Å². The molecule has 0 saturated carbocycles. The summed E-state index contributed by atoms with van der Waals surface area (Å²) in [5.74, 6) is 0.780. The first-order valence-corrected chi connectivity index (χ1v) is 5.60. The number of ether oxygens (including phenoxy) is 1. The first kappa shape index (κ1) is 12.3. The van der Waals surface area contributed by atoms with Gasteiger partial charge in [0.05, 0.1) is 18.2 Å². The summed E-state index contributed by atoms with van der Waals surface area (Å²) in [4.78, 5) is 0. The van der Waals surface area contributed by atoms with Gasteiger partial charge in [-0.1, -0.05) is 12.1 Å². The predicted molar refractivity (Wildman–Crippen MR) is 65.3 cm³/mol. The molecule has 0 fully saturated rings. The molecule has 1 aromatic carbocycles. The van der Waals surface area contributed by atoms with Crippen LogP contribution in [0.5, 0.6) is 5.75 Å². The van der Waals surface area contributed by atoms with Crippen LogP contribution in [0.25, 0.3) is 0 Å². The van der Waals surface area contributed by atoms with Gasteiger partial charge in [-0.25, -0.2) is 0 Å². The Labute approximate surface area is 97.2 Å². The highest BCUT2D eigenvalue weighted by Crippen LogP contribution is 2.13. The summed E-state index contributed by atoms with van der Waals surface area (Å²) in [7, 11) is 0. The minimum absolute atomic E-state index is 0.643. The highest BCUT2D eigenvalue weighted by molar-refractivity contribution is 5.36. The number of nitriles is 1. The summed E-state index contributed by atoms with van der Waals surface area (Å²) in [5, 5.41) is 8.72. The number of unbranched alkanes of at least 4 members (excludes halogenated alkanes) is 3. The molecule has 0 aliphatic rings. The molecule has 0 heterocycles. The van der Waals surface area contributed by atoms with Crippen LogP contribution in [0.4, 0.5) is 0 Å². The molecule has 84 valence electrons. The molecule has 2 heteroatoms. The molecule has 16 heavy (non-hydrogen) atoms. The number of hydrogen-bond acceptors (Lipinski definition) is 2. The normalized spacial score (nSPS) is 9.44. The molecule has 0 aromatic heterocycles. The van der Waals surface area contributed by atoms with Crippen LogP contribution in [0.1, 0.15) is 31.2 Å². The van der Waals surface area contributed by atoms with Crippen molar-refractivity contribution in [1.82, 2.24) is 0 Å². The van der Waals surface area contributed by atoms with Gasteiger partial charge in [0.1, 0.15) is 5.75 Å². The van der Waals surface area contributed by atoms with Crippen molar-refractivity contribution in [3.8, 4) is 11.8 Å². The van der Waals surface area contributed by atoms with E-state index in [0.29, 0.717) is 12.2 Å². The molecule has 0 spiro atoms. The van der Waals surface area contributed by atoms with Crippen molar-refractivity contribution in [2.45, 2.75) is 25.7 Å². The van der Waals surface area contributed by atoms with Gasteiger partial charge in [0.25, 0.3) is 0 Å². The lowest BCUT2D eigenvalue weighted by molar-refractivity contribution is 0.305. The van der Waals surface area contributed by atoms with Gasteiger partial charge in [-0.3, -0.25) is 0 Å². The Balaban J connectivity index is 2.21. The molecule has 0 atom stereocenters. The fourth-order valence-corrected chi connectivity index (χ4v) is 1.41. The van der Waals surface area contributed by atoms with Crippen molar-refractivity contribution >= 4 is 0 Å². The Morgan fingerprint density at radius 2 is 2.19 bits per heavy atom. The summed E-state index contributed by atoms with van der Waals surface area (Å²) in [5.41, 5.74) is 0.643. The summed E-state index contributed by atoms with van der Waals surface area (Å²) < 4.78 is 5.55. The maximum Gasteiger partial charge on any atom is 0.120 e. The SMILES string of the molecule is C=CCCCCCOc1cccc(C#N)c1. The number of benzene rings is 1. The predicted octanol–water partition coefficient (Wildman–Crippen LogP) is 3.68. The molecule has 0 N–H and O–H groups in total. The Morgan fingerprint density at radius 3 is 2.94 bits per heavy atom. The summed E-state index contributed by atoms with van der Waals surface area (Å²) in [6, 6.07) is 9.36. The van der Waals surface area contributed by atoms with E-state index >= 15 is 0 Å². The quantitative estimate of drug-likeness (QED) is 0.513. The van der Waals surface area contributed by atoms with Gasteiger partial charge in [0.2, 0.25) is 0 Å². The molecular formula is C14H17NO. The lowest BCUT2D eigenvalue weighted by Crippen LogP contribution is -1.97. The van der Waals surface area contributed by atoms with Crippen LogP contribution in [0.2, 0.25) is 0 Å². The molecule has 0 radical (unpaired) electrons. The van der Waals surface area contributed by atoms with Crippen molar-refractivity contribution in [2.24, 2.45) is 0 Å². The number of hydrogen-bond donors (Lipinski definition) is 0. The third-order valence-electron chi connectivity index (χ3n) is 2.28. The van der Waals surface area contributed by atoms with Gasteiger partial charge in [-0.05, 0) is 43.9 Å². The van der Waals surface area contributed by atoms with E-state index in [9.17, 15) is 0 Å². The molecule has 0 saturated heterocycles. The Kier molecular flexibility index (Phi) is 5.80. The summed E-state index contributed by atoms with van der Waals surface area (Å²) >= 11 is 0. The molecule has 0 bridgehead atoms. The third-order valence-corrected chi connectivity index (χ3v) is 2.28. The van der Waals surface area contributed by atoms with E-state index < -0.39 is 0 Å². The fraction of sp³-hybridized carbons (Fsp3) is 0.357.